The van der Waals surface area contributed by atoms with E-state index in [0.717, 1.165) is 6.26 Å². The summed E-state index contributed by atoms with van der Waals surface area (Å²) in [6, 6.07) is 14.1. The van der Waals surface area contributed by atoms with Crippen molar-refractivity contribution in [2.24, 2.45) is 0 Å². The first-order valence-corrected chi connectivity index (χ1v) is 12.7. The van der Waals surface area contributed by atoms with E-state index in [2.05, 4.69) is 9.97 Å². The smallest absolute Gasteiger partial charge is 0.407 e. The number of alkyl halides is 2. The maximum absolute atomic E-state index is 13.1. The van der Waals surface area contributed by atoms with E-state index in [9.17, 15) is 27.1 Å². The normalized spacial score (nSPS) is 15.8. The van der Waals surface area contributed by atoms with Gasteiger partial charge in [-0.05, 0) is 41.5 Å². The molecule has 0 fully saturated rings. The SMILES string of the molecule is CS(=O)(=O)c1cc(-c2ccc3nc4n(c3c2)[C@H](c2ccccc2OC(F)F)CN(C(=O)O)C4)ccn1. The van der Waals surface area contributed by atoms with Gasteiger partial charge < -0.3 is 14.4 Å². The van der Waals surface area contributed by atoms with E-state index >= 15 is 0 Å². The van der Waals surface area contributed by atoms with Crippen LogP contribution in [-0.4, -0.2) is 58.5 Å². The van der Waals surface area contributed by atoms with E-state index in [4.69, 9.17) is 4.74 Å². The molecule has 2 aromatic carbocycles. The average Bonchev–Trinajstić information content (AvgIpc) is 3.21. The van der Waals surface area contributed by atoms with Crippen molar-refractivity contribution < 1.29 is 31.8 Å². The van der Waals surface area contributed by atoms with E-state index in [-0.39, 0.29) is 23.9 Å². The van der Waals surface area contributed by atoms with Gasteiger partial charge in [0.1, 0.15) is 11.6 Å². The van der Waals surface area contributed by atoms with E-state index in [1.165, 1.54) is 23.2 Å². The van der Waals surface area contributed by atoms with Gasteiger partial charge in [-0.1, -0.05) is 24.3 Å². The van der Waals surface area contributed by atoms with Gasteiger partial charge in [-0.2, -0.15) is 8.78 Å². The zero-order valence-electron chi connectivity index (χ0n) is 18.9. The molecule has 9 nitrogen and oxygen atoms in total. The van der Waals surface area contributed by atoms with Crippen LogP contribution < -0.4 is 4.74 Å². The number of imidazole rings is 1. The highest BCUT2D eigenvalue weighted by Gasteiger charge is 2.33. The van der Waals surface area contributed by atoms with Gasteiger partial charge in [-0.15, -0.1) is 0 Å². The van der Waals surface area contributed by atoms with Crippen molar-refractivity contribution in [2.75, 3.05) is 12.8 Å². The number of sulfone groups is 1. The van der Waals surface area contributed by atoms with Gasteiger partial charge in [0.15, 0.2) is 14.9 Å². The van der Waals surface area contributed by atoms with Gasteiger partial charge in [0.25, 0.3) is 0 Å². The quantitative estimate of drug-likeness (QED) is 0.425. The minimum absolute atomic E-state index is 0.00485. The van der Waals surface area contributed by atoms with Gasteiger partial charge in [-0.25, -0.2) is 23.2 Å². The highest BCUT2D eigenvalue weighted by atomic mass is 32.2. The van der Waals surface area contributed by atoms with Crippen molar-refractivity contribution in [1.82, 2.24) is 19.4 Å². The Morgan fingerprint density at radius 2 is 1.89 bits per heavy atom. The lowest BCUT2D eigenvalue weighted by Crippen LogP contribution is -2.41. The fraction of sp³-hybridized carbons (Fsp3) is 0.208. The van der Waals surface area contributed by atoms with Gasteiger partial charge >= 0.3 is 12.7 Å². The van der Waals surface area contributed by atoms with Gasteiger partial charge in [0.2, 0.25) is 0 Å². The molecule has 0 bridgehead atoms. The van der Waals surface area contributed by atoms with Gasteiger partial charge in [0, 0.05) is 24.6 Å². The van der Waals surface area contributed by atoms with Crippen LogP contribution >= 0.6 is 0 Å². The molecule has 5 rings (SSSR count). The molecule has 3 heterocycles. The van der Waals surface area contributed by atoms with Crippen LogP contribution in [0.25, 0.3) is 22.2 Å². The number of hydrogen-bond donors (Lipinski definition) is 1. The fourth-order valence-corrected chi connectivity index (χ4v) is 5.03. The Morgan fingerprint density at radius 3 is 2.61 bits per heavy atom. The topological polar surface area (TPSA) is 115 Å². The van der Waals surface area contributed by atoms with Gasteiger partial charge in [-0.3, -0.25) is 4.90 Å². The molecule has 0 radical (unpaired) electrons. The molecular formula is C24H20F2N4O5S. The first kappa shape index (κ1) is 23.7. The minimum Gasteiger partial charge on any atom is -0.465 e. The number of ether oxygens (including phenoxy) is 1. The molecule has 1 aliphatic heterocycles. The van der Waals surface area contributed by atoms with Crippen LogP contribution in [0.1, 0.15) is 17.4 Å². The molecule has 1 aliphatic rings. The number of fused-ring (bicyclic) bond motifs is 3. The summed E-state index contributed by atoms with van der Waals surface area (Å²) in [6.45, 7) is -3.04. The standard InChI is InChI=1S/C24H20F2N4O5S/c1-36(33,34)22-11-15(8-9-27-22)14-6-7-17-18(10-14)30-19(12-29(24(31)32)13-21(30)28-17)16-4-2-3-5-20(16)35-23(25)26/h2-11,19,23H,12-13H2,1H3,(H,31,32)/t19-/m0/s1. The molecule has 36 heavy (non-hydrogen) atoms. The van der Waals surface area contributed by atoms with Crippen LogP contribution in [-0.2, 0) is 16.4 Å². The van der Waals surface area contributed by atoms with Crippen LogP contribution in [0.4, 0.5) is 13.6 Å². The van der Waals surface area contributed by atoms with Crippen molar-refractivity contribution in [3.8, 4) is 16.9 Å². The number of nitrogens with zero attached hydrogens (tertiary/aromatic N) is 4. The molecule has 0 unspecified atom stereocenters. The molecule has 2 aromatic heterocycles. The number of amides is 1. The third-order valence-corrected chi connectivity index (χ3v) is 7.00. The molecule has 1 amide bonds. The summed E-state index contributed by atoms with van der Waals surface area (Å²) in [5, 5.41) is 9.62. The fourth-order valence-electron chi connectivity index (χ4n) is 4.44. The molecule has 4 aromatic rings. The number of rotatable bonds is 5. The molecule has 186 valence electrons. The molecule has 0 spiro atoms. The Morgan fingerprint density at radius 1 is 1.14 bits per heavy atom. The van der Waals surface area contributed by atoms with Gasteiger partial charge in [0.05, 0.1) is 23.6 Å². The molecular weight excluding hydrogens is 494 g/mol. The molecule has 0 saturated carbocycles. The van der Waals surface area contributed by atoms with Crippen molar-refractivity contribution >= 4 is 27.0 Å². The second-order valence-corrected chi connectivity index (χ2v) is 10.3. The van der Waals surface area contributed by atoms with E-state index in [1.807, 2.05) is 10.6 Å². The third kappa shape index (κ3) is 4.35. The van der Waals surface area contributed by atoms with Crippen molar-refractivity contribution in [3.63, 3.8) is 0 Å². The molecule has 12 heteroatoms. The Bertz CT molecular complexity index is 1590. The van der Waals surface area contributed by atoms with E-state index in [0.29, 0.717) is 33.5 Å². The lowest BCUT2D eigenvalue weighted by Gasteiger charge is -2.34. The number of hydrogen-bond acceptors (Lipinski definition) is 6. The van der Waals surface area contributed by atoms with Crippen LogP contribution in [0.3, 0.4) is 0 Å². The van der Waals surface area contributed by atoms with Crippen LogP contribution in [0, 0.1) is 0 Å². The van der Waals surface area contributed by atoms with Crippen molar-refractivity contribution in [1.29, 1.82) is 0 Å². The number of pyridine rings is 1. The highest BCUT2D eigenvalue weighted by molar-refractivity contribution is 7.90. The number of carboxylic acid groups (broad SMARTS) is 1. The monoisotopic (exact) mass is 514 g/mol. The lowest BCUT2D eigenvalue weighted by molar-refractivity contribution is -0.0508. The number of para-hydroxylation sites is 1. The molecule has 0 aliphatic carbocycles. The molecule has 0 saturated heterocycles. The Labute approximate surface area is 204 Å². The summed E-state index contributed by atoms with van der Waals surface area (Å²) >= 11 is 0. The average molecular weight is 515 g/mol. The maximum atomic E-state index is 13.1. The summed E-state index contributed by atoms with van der Waals surface area (Å²) in [5.74, 6) is 0.389. The second-order valence-electron chi connectivity index (χ2n) is 8.35. The summed E-state index contributed by atoms with van der Waals surface area (Å²) in [6.07, 6.45) is 1.33. The first-order chi connectivity index (χ1) is 17.1. The highest BCUT2D eigenvalue weighted by Crippen LogP contribution is 2.37. The Hall–Kier alpha value is -4.06. The summed E-state index contributed by atoms with van der Waals surface area (Å²) in [4.78, 5) is 21.6. The molecule has 1 N–H and O–H groups in total. The van der Waals surface area contributed by atoms with Crippen LogP contribution in [0.5, 0.6) is 5.75 Å². The number of aromatic nitrogens is 3. The molecule has 1 atom stereocenters. The third-order valence-electron chi connectivity index (χ3n) is 6.01. The lowest BCUT2D eigenvalue weighted by atomic mass is 10.0. The minimum atomic E-state index is -3.52. The van der Waals surface area contributed by atoms with E-state index < -0.39 is 28.6 Å². The Balaban J connectivity index is 1.69. The summed E-state index contributed by atoms with van der Waals surface area (Å²) in [5.41, 5.74) is 2.91. The zero-order chi connectivity index (χ0) is 25.6. The second kappa shape index (κ2) is 8.86. The Kier molecular flexibility index (Phi) is 5.83. The number of benzene rings is 2. The maximum Gasteiger partial charge on any atom is 0.407 e. The number of halogens is 2. The van der Waals surface area contributed by atoms with Crippen molar-refractivity contribution in [2.45, 2.75) is 24.2 Å². The van der Waals surface area contributed by atoms with Crippen LogP contribution in [0.2, 0.25) is 0 Å². The largest absolute Gasteiger partial charge is 0.465 e. The van der Waals surface area contributed by atoms with Crippen molar-refractivity contribution in [3.05, 3.63) is 72.2 Å². The summed E-state index contributed by atoms with van der Waals surface area (Å²) < 4.78 is 56.8. The first-order valence-electron chi connectivity index (χ1n) is 10.8. The van der Waals surface area contributed by atoms with Crippen LogP contribution in [0.15, 0.2) is 65.8 Å². The zero-order valence-corrected chi connectivity index (χ0v) is 19.7. The summed E-state index contributed by atoms with van der Waals surface area (Å²) in [7, 11) is -3.52. The van der Waals surface area contributed by atoms with E-state index in [1.54, 1.807) is 36.4 Å². The number of carbonyl (C=O) groups is 1. The predicted molar refractivity (Wildman–Crippen MR) is 126 cm³/mol. The predicted octanol–water partition coefficient (Wildman–Crippen LogP) is 4.19.